The molecule has 1 aliphatic rings. The number of hydrogen-bond acceptors (Lipinski definition) is 7. The second-order valence-electron chi connectivity index (χ2n) is 8.07. The summed E-state index contributed by atoms with van der Waals surface area (Å²) in [6.07, 6.45) is 1.74. The zero-order chi connectivity index (χ0) is 24.5. The van der Waals surface area contributed by atoms with E-state index in [1.807, 2.05) is 0 Å². The number of amides is 1. The van der Waals surface area contributed by atoms with Crippen molar-refractivity contribution >= 4 is 29.0 Å². The summed E-state index contributed by atoms with van der Waals surface area (Å²) >= 11 is 6.14. The second-order valence-corrected chi connectivity index (χ2v) is 8.48. The van der Waals surface area contributed by atoms with E-state index in [0.29, 0.717) is 23.6 Å². The van der Waals surface area contributed by atoms with Crippen LogP contribution in [-0.4, -0.2) is 56.0 Å². The number of Topliss-reactive ketones (excluding diaryl/α,β-unsaturated/α-hetero) is 1. The van der Waals surface area contributed by atoms with E-state index in [-0.39, 0.29) is 41.2 Å². The molecular weight excluding hydrogens is 458 g/mol. The number of carbonyl (C=O) groups is 2. The lowest BCUT2D eigenvalue weighted by Gasteiger charge is -2.25. The van der Waals surface area contributed by atoms with Crippen LogP contribution in [-0.2, 0) is 6.54 Å². The molecule has 2 aromatic heterocycles. The Morgan fingerprint density at radius 1 is 1.39 bits per heavy atom. The highest BCUT2D eigenvalue weighted by atomic mass is 35.5. The van der Waals surface area contributed by atoms with Crippen molar-refractivity contribution in [2.75, 3.05) is 6.61 Å². The Kier molecular flexibility index (Phi) is 7.08. The van der Waals surface area contributed by atoms with Crippen LogP contribution in [0, 0.1) is 5.41 Å². The van der Waals surface area contributed by atoms with Gasteiger partial charge >= 0.3 is 0 Å². The van der Waals surface area contributed by atoms with Crippen LogP contribution in [0.2, 0.25) is 5.02 Å². The predicted octanol–water partition coefficient (Wildman–Crippen LogP) is 3.85. The van der Waals surface area contributed by atoms with E-state index >= 15 is 0 Å². The summed E-state index contributed by atoms with van der Waals surface area (Å²) in [5.41, 5.74) is 0.947. The Bertz CT molecular complexity index is 1100. The van der Waals surface area contributed by atoms with Gasteiger partial charge in [-0.3, -0.25) is 14.6 Å². The van der Waals surface area contributed by atoms with Crippen LogP contribution in [0.1, 0.15) is 65.2 Å². The Balaban J connectivity index is 1.82. The minimum Gasteiger partial charge on any atom is -0.470 e. The summed E-state index contributed by atoms with van der Waals surface area (Å²) in [6.45, 7) is 3.13. The van der Waals surface area contributed by atoms with Crippen LogP contribution in [0.5, 0.6) is 5.88 Å². The molecule has 2 atom stereocenters. The maximum atomic E-state index is 13.0. The van der Waals surface area contributed by atoms with Gasteiger partial charge in [-0.2, -0.15) is 0 Å². The summed E-state index contributed by atoms with van der Waals surface area (Å²) in [4.78, 5) is 35.3. The first kappa shape index (κ1) is 24.7. The number of aliphatic hydroxyl groups is 1. The lowest BCUT2D eigenvalue weighted by atomic mass is 10.0. The van der Waals surface area contributed by atoms with E-state index in [9.17, 15) is 23.5 Å². The van der Waals surface area contributed by atoms with Gasteiger partial charge in [0.2, 0.25) is 11.7 Å². The van der Waals surface area contributed by atoms with Crippen molar-refractivity contribution in [3.63, 3.8) is 0 Å². The highest BCUT2D eigenvalue weighted by Crippen LogP contribution is 2.34. The van der Waals surface area contributed by atoms with Crippen LogP contribution in [0.4, 0.5) is 8.78 Å². The van der Waals surface area contributed by atoms with Crippen LogP contribution < -0.4 is 4.74 Å². The SMILES string of the molecule is CC(c1cnc(OCC(C)(F)F)c(Cl)c1)N1Cc2c(ccnc2C(=O)C(=N)C[C@@H](C)O)C1=O. The molecule has 1 aliphatic heterocycles. The summed E-state index contributed by atoms with van der Waals surface area (Å²) < 4.78 is 31.0. The van der Waals surface area contributed by atoms with E-state index in [0.717, 1.165) is 0 Å². The van der Waals surface area contributed by atoms with Gasteiger partial charge in [0.1, 0.15) is 10.7 Å². The first-order valence-electron chi connectivity index (χ1n) is 10.1. The molecule has 3 rings (SSSR count). The zero-order valence-corrected chi connectivity index (χ0v) is 19.0. The van der Waals surface area contributed by atoms with Crippen molar-refractivity contribution in [1.82, 2.24) is 14.9 Å². The number of pyridine rings is 2. The molecule has 1 amide bonds. The van der Waals surface area contributed by atoms with Crippen LogP contribution in [0.25, 0.3) is 0 Å². The minimum atomic E-state index is -3.04. The molecule has 0 radical (unpaired) electrons. The van der Waals surface area contributed by atoms with E-state index < -0.39 is 30.5 Å². The van der Waals surface area contributed by atoms with Crippen molar-refractivity contribution in [3.05, 3.63) is 51.9 Å². The molecule has 0 bridgehead atoms. The van der Waals surface area contributed by atoms with Gasteiger partial charge in [-0.1, -0.05) is 11.6 Å². The first-order chi connectivity index (χ1) is 15.4. The van der Waals surface area contributed by atoms with Gasteiger partial charge in [-0.15, -0.1) is 0 Å². The maximum absolute atomic E-state index is 13.0. The number of aromatic nitrogens is 2. The number of nitrogens with one attached hydrogen (secondary N) is 1. The van der Waals surface area contributed by atoms with Gasteiger partial charge in [-0.25, -0.2) is 13.8 Å². The number of halogens is 3. The standard InChI is InChI=1S/C22H23ClF2N4O4/c1-11(30)6-17(26)19(31)18-15-9-29(21(32)14(15)4-5-27-18)12(2)13-7-16(23)20(28-8-13)33-10-22(3,24)25/h4-5,7-8,11-12,26,30H,6,9-10H2,1-3H3/t11-,12?/m1/s1. The Morgan fingerprint density at radius 3 is 2.70 bits per heavy atom. The highest BCUT2D eigenvalue weighted by Gasteiger charge is 2.36. The fourth-order valence-corrected chi connectivity index (χ4v) is 3.67. The summed E-state index contributed by atoms with van der Waals surface area (Å²) in [5, 5.41) is 17.4. The number of nitrogens with zero attached hydrogens (tertiary/aromatic N) is 3. The molecular formula is C22H23ClF2N4O4. The smallest absolute Gasteiger partial charge is 0.278 e. The number of carbonyl (C=O) groups excluding carboxylic acids is 2. The van der Waals surface area contributed by atoms with Gasteiger partial charge in [0.25, 0.3) is 11.8 Å². The molecule has 0 saturated carbocycles. The summed E-state index contributed by atoms with van der Waals surface area (Å²) in [5.74, 6) is -4.16. The molecule has 8 nitrogen and oxygen atoms in total. The highest BCUT2D eigenvalue weighted by molar-refractivity contribution is 6.45. The number of alkyl halides is 2. The molecule has 33 heavy (non-hydrogen) atoms. The summed E-state index contributed by atoms with van der Waals surface area (Å²) in [7, 11) is 0. The molecule has 11 heteroatoms. The lowest BCUT2D eigenvalue weighted by Crippen LogP contribution is -2.27. The normalized spacial score (nSPS) is 15.2. The van der Waals surface area contributed by atoms with Crippen molar-refractivity contribution in [2.24, 2.45) is 0 Å². The summed E-state index contributed by atoms with van der Waals surface area (Å²) in [6, 6.07) is 2.48. The molecule has 0 aromatic carbocycles. The first-order valence-corrected chi connectivity index (χ1v) is 10.5. The third kappa shape index (κ3) is 5.51. The zero-order valence-electron chi connectivity index (χ0n) is 18.2. The molecule has 0 saturated heterocycles. The lowest BCUT2D eigenvalue weighted by molar-refractivity contribution is -0.0242. The predicted molar refractivity (Wildman–Crippen MR) is 116 cm³/mol. The monoisotopic (exact) mass is 480 g/mol. The number of ether oxygens (including phenoxy) is 1. The fourth-order valence-electron chi connectivity index (χ4n) is 3.44. The fraction of sp³-hybridized carbons (Fsp3) is 0.409. The molecule has 1 unspecified atom stereocenters. The third-order valence-electron chi connectivity index (χ3n) is 5.11. The Hall–Kier alpha value is -2.98. The van der Waals surface area contributed by atoms with Gasteiger partial charge < -0.3 is 20.2 Å². The van der Waals surface area contributed by atoms with Crippen LogP contribution in [0.15, 0.2) is 24.5 Å². The molecule has 3 heterocycles. The molecule has 0 fully saturated rings. The van der Waals surface area contributed by atoms with Gasteiger partial charge in [0, 0.05) is 43.4 Å². The van der Waals surface area contributed by atoms with Crippen molar-refractivity contribution in [2.45, 2.75) is 51.8 Å². The van der Waals surface area contributed by atoms with Crippen molar-refractivity contribution in [3.8, 4) is 5.88 Å². The molecule has 2 N–H and O–H groups in total. The largest absolute Gasteiger partial charge is 0.470 e. The topological polar surface area (TPSA) is 116 Å². The van der Waals surface area contributed by atoms with Crippen LogP contribution >= 0.6 is 11.6 Å². The average molecular weight is 481 g/mol. The number of hydrogen-bond donors (Lipinski definition) is 2. The maximum Gasteiger partial charge on any atom is 0.278 e. The number of fused-ring (bicyclic) bond motifs is 1. The van der Waals surface area contributed by atoms with Crippen molar-refractivity contribution in [1.29, 1.82) is 5.41 Å². The van der Waals surface area contributed by atoms with E-state index in [1.54, 1.807) is 6.92 Å². The number of aliphatic hydroxyl groups excluding tert-OH is 1. The third-order valence-corrected chi connectivity index (χ3v) is 5.38. The quantitative estimate of drug-likeness (QED) is 0.416. The van der Waals surface area contributed by atoms with E-state index in [1.165, 1.54) is 36.4 Å². The minimum absolute atomic E-state index is 0.00148. The average Bonchev–Trinajstić information content (AvgIpc) is 3.07. The number of rotatable bonds is 9. The van der Waals surface area contributed by atoms with Gasteiger partial charge in [-0.05, 0) is 31.5 Å². The van der Waals surface area contributed by atoms with Gasteiger partial charge in [0.15, 0.2) is 6.61 Å². The Labute approximate surface area is 194 Å². The van der Waals surface area contributed by atoms with Crippen molar-refractivity contribution < 1.29 is 28.2 Å². The second kappa shape index (κ2) is 9.48. The van der Waals surface area contributed by atoms with Gasteiger partial charge in [0.05, 0.1) is 17.9 Å². The van der Waals surface area contributed by atoms with E-state index in [4.69, 9.17) is 21.7 Å². The Morgan fingerprint density at radius 2 is 2.09 bits per heavy atom. The van der Waals surface area contributed by atoms with E-state index in [2.05, 4.69) is 9.97 Å². The van der Waals surface area contributed by atoms with Crippen LogP contribution in [0.3, 0.4) is 0 Å². The number of ketones is 1. The molecule has 0 spiro atoms. The molecule has 2 aromatic rings. The molecule has 176 valence electrons. The molecule has 0 aliphatic carbocycles.